The van der Waals surface area contributed by atoms with Crippen molar-refractivity contribution in [2.45, 2.75) is 19.0 Å². The number of hydrogen-bond acceptors (Lipinski definition) is 3. The number of halogens is 1. The number of carboxylic acid groups (broad SMARTS) is 1. The molecule has 1 aromatic heterocycles. The maximum atomic E-state index is 12.1. The van der Waals surface area contributed by atoms with E-state index >= 15 is 0 Å². The fourth-order valence-electron chi connectivity index (χ4n) is 2.65. The SMILES string of the molecule is O=C(O)N[C@H]1CCN(Cc2ccc3nc(Cl)ccc3c2)C1=O. The van der Waals surface area contributed by atoms with Crippen molar-refractivity contribution < 1.29 is 14.7 Å². The number of amides is 2. The van der Waals surface area contributed by atoms with Crippen molar-refractivity contribution in [1.82, 2.24) is 15.2 Å². The van der Waals surface area contributed by atoms with Gasteiger partial charge >= 0.3 is 6.09 Å². The van der Waals surface area contributed by atoms with Gasteiger partial charge in [-0.3, -0.25) is 4.79 Å². The van der Waals surface area contributed by atoms with E-state index < -0.39 is 12.1 Å². The predicted octanol–water partition coefficient (Wildman–Crippen LogP) is 2.26. The number of pyridine rings is 1. The summed E-state index contributed by atoms with van der Waals surface area (Å²) in [6.07, 6.45) is -0.676. The van der Waals surface area contributed by atoms with Gasteiger partial charge in [-0.05, 0) is 36.2 Å². The summed E-state index contributed by atoms with van der Waals surface area (Å²) in [5, 5.41) is 12.3. The van der Waals surface area contributed by atoms with Crippen molar-refractivity contribution in [3.05, 3.63) is 41.0 Å². The number of rotatable bonds is 3. The van der Waals surface area contributed by atoms with Gasteiger partial charge in [0, 0.05) is 18.5 Å². The molecule has 1 atom stereocenters. The number of aromatic nitrogens is 1. The van der Waals surface area contributed by atoms with Crippen molar-refractivity contribution >= 4 is 34.5 Å². The van der Waals surface area contributed by atoms with Crippen LogP contribution in [0.4, 0.5) is 4.79 Å². The van der Waals surface area contributed by atoms with Crippen LogP contribution in [0, 0.1) is 0 Å². The summed E-state index contributed by atoms with van der Waals surface area (Å²) in [7, 11) is 0. The van der Waals surface area contributed by atoms with Crippen LogP contribution in [-0.2, 0) is 11.3 Å². The standard InChI is InChI=1S/C15H14ClN3O3/c16-13-4-2-10-7-9(1-3-11(10)17-13)8-19-6-5-12(14(19)20)18-15(21)22/h1-4,7,12,18H,5-6,8H2,(H,21,22)/t12-/m0/s1. The lowest BCUT2D eigenvalue weighted by Gasteiger charge is -2.17. The fourth-order valence-corrected chi connectivity index (χ4v) is 2.80. The van der Waals surface area contributed by atoms with Crippen LogP contribution in [0.5, 0.6) is 0 Å². The molecular weight excluding hydrogens is 306 g/mol. The Hall–Kier alpha value is -2.34. The molecule has 1 aromatic carbocycles. The topological polar surface area (TPSA) is 82.5 Å². The summed E-state index contributed by atoms with van der Waals surface area (Å²) < 4.78 is 0. The molecule has 1 aliphatic rings. The summed E-state index contributed by atoms with van der Waals surface area (Å²) in [4.78, 5) is 28.6. The summed E-state index contributed by atoms with van der Waals surface area (Å²) in [5.74, 6) is -0.184. The van der Waals surface area contributed by atoms with Gasteiger partial charge in [-0.2, -0.15) is 0 Å². The molecule has 0 bridgehead atoms. The second kappa shape index (κ2) is 5.81. The van der Waals surface area contributed by atoms with Crippen LogP contribution < -0.4 is 5.32 Å². The summed E-state index contributed by atoms with van der Waals surface area (Å²) in [6, 6.07) is 8.69. The second-order valence-electron chi connectivity index (χ2n) is 5.21. The number of likely N-dealkylation sites (tertiary alicyclic amines) is 1. The van der Waals surface area contributed by atoms with Gasteiger partial charge in [0.1, 0.15) is 11.2 Å². The molecule has 22 heavy (non-hydrogen) atoms. The van der Waals surface area contributed by atoms with Crippen molar-refractivity contribution in [3.63, 3.8) is 0 Å². The van der Waals surface area contributed by atoms with E-state index in [0.29, 0.717) is 24.7 Å². The molecule has 2 heterocycles. The average molecular weight is 320 g/mol. The quantitative estimate of drug-likeness (QED) is 0.850. The van der Waals surface area contributed by atoms with E-state index in [0.717, 1.165) is 16.5 Å². The molecule has 6 nitrogen and oxygen atoms in total. The minimum atomic E-state index is -1.17. The van der Waals surface area contributed by atoms with Crippen molar-refractivity contribution in [2.24, 2.45) is 0 Å². The largest absolute Gasteiger partial charge is 0.465 e. The van der Waals surface area contributed by atoms with Gasteiger partial charge in [0.05, 0.1) is 5.52 Å². The molecule has 7 heteroatoms. The first kappa shape index (κ1) is 14.6. The van der Waals surface area contributed by atoms with Crippen LogP contribution >= 0.6 is 11.6 Å². The molecule has 2 amide bonds. The van der Waals surface area contributed by atoms with E-state index in [2.05, 4.69) is 10.3 Å². The Balaban J connectivity index is 1.75. The lowest BCUT2D eigenvalue weighted by atomic mass is 10.1. The number of fused-ring (bicyclic) bond motifs is 1. The van der Waals surface area contributed by atoms with Crippen LogP contribution in [0.3, 0.4) is 0 Å². The van der Waals surface area contributed by atoms with Gasteiger partial charge in [-0.1, -0.05) is 17.7 Å². The zero-order valence-corrected chi connectivity index (χ0v) is 12.4. The maximum absolute atomic E-state index is 12.1. The molecule has 0 aliphatic carbocycles. The Labute approximate surface area is 131 Å². The highest BCUT2D eigenvalue weighted by molar-refractivity contribution is 6.29. The lowest BCUT2D eigenvalue weighted by Crippen LogP contribution is -2.40. The van der Waals surface area contributed by atoms with Crippen LogP contribution in [-0.4, -0.2) is 39.6 Å². The second-order valence-corrected chi connectivity index (χ2v) is 5.60. The smallest absolute Gasteiger partial charge is 0.405 e. The van der Waals surface area contributed by atoms with Gasteiger partial charge in [0.15, 0.2) is 0 Å². The van der Waals surface area contributed by atoms with E-state index in [1.165, 1.54) is 0 Å². The van der Waals surface area contributed by atoms with Crippen LogP contribution in [0.2, 0.25) is 5.15 Å². The number of benzene rings is 1. The maximum Gasteiger partial charge on any atom is 0.405 e. The first-order valence-corrected chi connectivity index (χ1v) is 7.24. The van der Waals surface area contributed by atoms with Crippen molar-refractivity contribution in [1.29, 1.82) is 0 Å². The first-order valence-electron chi connectivity index (χ1n) is 6.86. The third kappa shape index (κ3) is 2.96. The molecule has 2 N–H and O–H groups in total. The van der Waals surface area contributed by atoms with Crippen molar-refractivity contribution in [2.75, 3.05) is 6.54 Å². The van der Waals surface area contributed by atoms with Gasteiger partial charge in [0.25, 0.3) is 0 Å². The Kier molecular flexibility index (Phi) is 3.85. The highest BCUT2D eigenvalue weighted by atomic mass is 35.5. The average Bonchev–Trinajstić information content (AvgIpc) is 2.80. The highest BCUT2D eigenvalue weighted by Crippen LogP contribution is 2.20. The molecule has 0 saturated carbocycles. The fraction of sp³-hybridized carbons (Fsp3) is 0.267. The van der Waals surface area contributed by atoms with E-state index in [9.17, 15) is 9.59 Å². The Morgan fingerprint density at radius 2 is 2.23 bits per heavy atom. The van der Waals surface area contributed by atoms with Gasteiger partial charge in [-0.25, -0.2) is 9.78 Å². The minimum absolute atomic E-state index is 0.184. The van der Waals surface area contributed by atoms with Gasteiger partial charge < -0.3 is 15.3 Å². The molecule has 1 aliphatic heterocycles. The van der Waals surface area contributed by atoms with Gasteiger partial charge in [0.2, 0.25) is 5.91 Å². The van der Waals surface area contributed by atoms with Crippen LogP contribution in [0.15, 0.2) is 30.3 Å². The Bertz CT molecular complexity index is 750. The first-order chi connectivity index (χ1) is 10.5. The summed E-state index contributed by atoms with van der Waals surface area (Å²) in [5.41, 5.74) is 1.77. The summed E-state index contributed by atoms with van der Waals surface area (Å²) >= 11 is 5.85. The molecule has 3 rings (SSSR count). The molecular formula is C15H14ClN3O3. The molecule has 1 saturated heterocycles. The predicted molar refractivity (Wildman–Crippen MR) is 81.7 cm³/mol. The molecule has 0 spiro atoms. The monoisotopic (exact) mass is 319 g/mol. The molecule has 0 unspecified atom stereocenters. The lowest BCUT2D eigenvalue weighted by molar-refractivity contribution is -0.129. The third-order valence-corrected chi connectivity index (χ3v) is 3.90. The molecule has 1 fully saturated rings. The zero-order valence-electron chi connectivity index (χ0n) is 11.6. The number of nitrogens with zero attached hydrogens (tertiary/aromatic N) is 2. The third-order valence-electron chi connectivity index (χ3n) is 3.69. The Morgan fingerprint density at radius 3 is 3.00 bits per heavy atom. The van der Waals surface area contributed by atoms with E-state index in [4.69, 9.17) is 16.7 Å². The molecule has 114 valence electrons. The Morgan fingerprint density at radius 1 is 1.41 bits per heavy atom. The normalized spacial score (nSPS) is 18.0. The van der Waals surface area contributed by atoms with E-state index in [-0.39, 0.29) is 5.91 Å². The molecule has 2 aromatic rings. The van der Waals surface area contributed by atoms with Gasteiger partial charge in [-0.15, -0.1) is 0 Å². The number of carbonyl (C=O) groups is 2. The number of nitrogens with one attached hydrogen (secondary N) is 1. The number of hydrogen-bond donors (Lipinski definition) is 2. The molecule has 0 radical (unpaired) electrons. The van der Waals surface area contributed by atoms with Crippen molar-refractivity contribution in [3.8, 4) is 0 Å². The highest BCUT2D eigenvalue weighted by Gasteiger charge is 2.32. The minimum Gasteiger partial charge on any atom is -0.465 e. The van der Waals surface area contributed by atoms with Crippen LogP contribution in [0.25, 0.3) is 10.9 Å². The zero-order chi connectivity index (χ0) is 15.7. The number of carbonyl (C=O) groups excluding carboxylic acids is 1. The van der Waals surface area contributed by atoms with Crippen LogP contribution in [0.1, 0.15) is 12.0 Å². The summed E-state index contributed by atoms with van der Waals surface area (Å²) in [6.45, 7) is 0.996. The van der Waals surface area contributed by atoms with E-state index in [1.54, 1.807) is 11.0 Å². The van der Waals surface area contributed by atoms with E-state index in [1.807, 2.05) is 24.3 Å².